The molecule has 1 fully saturated rings. The van der Waals surface area contributed by atoms with Crippen LogP contribution in [0.15, 0.2) is 0 Å². The number of aliphatic hydroxyl groups is 1. The van der Waals surface area contributed by atoms with Crippen LogP contribution in [0.5, 0.6) is 0 Å². The maximum atomic E-state index is 10.6. The van der Waals surface area contributed by atoms with Crippen molar-refractivity contribution in [1.29, 1.82) is 0 Å². The zero-order chi connectivity index (χ0) is 11.1. The number of likely N-dealkylation sites (N-methyl/N-ethyl adjacent to an activating group) is 1. The van der Waals surface area contributed by atoms with Gasteiger partial charge in [0.05, 0.1) is 12.6 Å². The zero-order valence-electron chi connectivity index (χ0n) is 9.48. The molecule has 0 amide bonds. The molecular formula is C11H22N2O2. The van der Waals surface area contributed by atoms with E-state index in [1.165, 1.54) is 0 Å². The molecule has 1 aliphatic carbocycles. The lowest BCUT2D eigenvalue weighted by Gasteiger charge is -2.34. The second-order valence-electron chi connectivity index (χ2n) is 4.23. The topological polar surface area (TPSA) is 52.6 Å². The Morgan fingerprint density at radius 3 is 2.60 bits per heavy atom. The number of aliphatic hydroxyl groups excluding tert-OH is 1. The molecule has 0 aliphatic heterocycles. The smallest absolute Gasteiger partial charge is 0.133 e. The highest BCUT2D eigenvalue weighted by Gasteiger charge is 2.23. The summed E-state index contributed by atoms with van der Waals surface area (Å²) in [6, 6.07) is 0.479. The fourth-order valence-electron chi connectivity index (χ4n) is 2.20. The van der Waals surface area contributed by atoms with Crippen molar-refractivity contribution < 1.29 is 9.90 Å². The van der Waals surface area contributed by atoms with Crippen molar-refractivity contribution in [3.63, 3.8) is 0 Å². The summed E-state index contributed by atoms with van der Waals surface area (Å²) in [5.74, 6) is 0. The molecule has 4 nitrogen and oxygen atoms in total. The van der Waals surface area contributed by atoms with Gasteiger partial charge in [-0.25, -0.2) is 0 Å². The summed E-state index contributed by atoms with van der Waals surface area (Å²) in [4.78, 5) is 12.8. The van der Waals surface area contributed by atoms with E-state index in [9.17, 15) is 9.90 Å². The number of hydrogen-bond acceptors (Lipinski definition) is 4. The second-order valence-corrected chi connectivity index (χ2v) is 4.23. The maximum absolute atomic E-state index is 10.6. The zero-order valence-corrected chi connectivity index (χ0v) is 9.48. The van der Waals surface area contributed by atoms with Crippen LogP contribution in [0.3, 0.4) is 0 Å². The standard InChI is InChI=1S/C11H22N2O2/c1-12-6-7-13(8-9-14)10-2-4-11(15)5-3-10/h9-12,15H,2-8H2,1H3. The number of hydrogen-bond donors (Lipinski definition) is 2. The Morgan fingerprint density at radius 1 is 1.40 bits per heavy atom. The fraction of sp³-hybridized carbons (Fsp3) is 0.909. The molecule has 0 spiro atoms. The van der Waals surface area contributed by atoms with Gasteiger partial charge in [0, 0.05) is 19.1 Å². The van der Waals surface area contributed by atoms with Crippen LogP contribution in [-0.4, -0.2) is 55.1 Å². The molecular weight excluding hydrogens is 192 g/mol. The Bertz CT molecular complexity index is 179. The van der Waals surface area contributed by atoms with Crippen molar-refractivity contribution in [3.8, 4) is 0 Å². The highest BCUT2D eigenvalue weighted by atomic mass is 16.3. The van der Waals surface area contributed by atoms with Crippen LogP contribution in [0.1, 0.15) is 25.7 Å². The lowest BCUT2D eigenvalue weighted by Crippen LogP contribution is -2.43. The molecule has 1 saturated carbocycles. The van der Waals surface area contributed by atoms with E-state index in [2.05, 4.69) is 10.2 Å². The summed E-state index contributed by atoms with van der Waals surface area (Å²) < 4.78 is 0. The number of carbonyl (C=O) groups is 1. The van der Waals surface area contributed by atoms with Crippen LogP contribution < -0.4 is 5.32 Å². The van der Waals surface area contributed by atoms with Crippen molar-refractivity contribution in [2.45, 2.75) is 37.8 Å². The molecule has 0 aromatic rings. The molecule has 4 heteroatoms. The van der Waals surface area contributed by atoms with E-state index in [4.69, 9.17) is 0 Å². The van der Waals surface area contributed by atoms with E-state index >= 15 is 0 Å². The Kier molecular flexibility index (Phi) is 5.83. The van der Waals surface area contributed by atoms with Gasteiger partial charge in [-0.05, 0) is 32.7 Å². The summed E-state index contributed by atoms with van der Waals surface area (Å²) in [6.45, 7) is 2.34. The quantitative estimate of drug-likeness (QED) is 0.612. The van der Waals surface area contributed by atoms with Crippen molar-refractivity contribution in [2.24, 2.45) is 0 Å². The summed E-state index contributed by atoms with van der Waals surface area (Å²) in [5.41, 5.74) is 0. The Balaban J connectivity index is 2.36. The van der Waals surface area contributed by atoms with E-state index < -0.39 is 0 Å². The molecule has 1 rings (SSSR count). The average Bonchev–Trinajstić information content (AvgIpc) is 2.25. The van der Waals surface area contributed by atoms with Gasteiger partial charge >= 0.3 is 0 Å². The molecule has 0 atom stereocenters. The Labute approximate surface area is 91.6 Å². The van der Waals surface area contributed by atoms with Gasteiger partial charge in [0.2, 0.25) is 0 Å². The van der Waals surface area contributed by atoms with E-state index in [1.54, 1.807) is 0 Å². The van der Waals surface area contributed by atoms with Crippen LogP contribution in [0.2, 0.25) is 0 Å². The predicted molar refractivity (Wildman–Crippen MR) is 59.8 cm³/mol. The summed E-state index contributed by atoms with van der Waals surface area (Å²) in [5, 5.41) is 12.5. The van der Waals surface area contributed by atoms with E-state index in [0.717, 1.165) is 45.1 Å². The average molecular weight is 214 g/mol. The minimum atomic E-state index is -0.122. The molecule has 0 aromatic heterocycles. The first kappa shape index (κ1) is 12.6. The molecule has 2 N–H and O–H groups in total. The molecule has 0 heterocycles. The third-order valence-electron chi connectivity index (χ3n) is 3.14. The van der Waals surface area contributed by atoms with Crippen molar-refractivity contribution >= 4 is 6.29 Å². The highest BCUT2D eigenvalue weighted by molar-refractivity contribution is 5.52. The SMILES string of the molecule is CNCCN(CC=O)C1CCC(O)CC1. The molecule has 15 heavy (non-hydrogen) atoms. The molecule has 0 unspecified atom stereocenters. The first-order chi connectivity index (χ1) is 7.27. The molecule has 0 saturated heterocycles. The van der Waals surface area contributed by atoms with Crippen molar-refractivity contribution in [3.05, 3.63) is 0 Å². The Morgan fingerprint density at radius 2 is 2.07 bits per heavy atom. The molecule has 0 aromatic carbocycles. The monoisotopic (exact) mass is 214 g/mol. The van der Waals surface area contributed by atoms with Gasteiger partial charge in [-0.1, -0.05) is 0 Å². The van der Waals surface area contributed by atoms with Gasteiger partial charge in [0.15, 0.2) is 0 Å². The van der Waals surface area contributed by atoms with Crippen molar-refractivity contribution in [1.82, 2.24) is 10.2 Å². The van der Waals surface area contributed by atoms with Crippen molar-refractivity contribution in [2.75, 3.05) is 26.7 Å². The summed E-state index contributed by atoms with van der Waals surface area (Å²) in [6.07, 6.45) is 4.63. The van der Waals surface area contributed by atoms with Crippen LogP contribution in [0.25, 0.3) is 0 Å². The lowest BCUT2D eigenvalue weighted by molar-refractivity contribution is -0.109. The number of rotatable bonds is 6. The summed E-state index contributed by atoms with van der Waals surface area (Å²) >= 11 is 0. The van der Waals surface area contributed by atoms with Gasteiger partial charge in [0.25, 0.3) is 0 Å². The van der Waals surface area contributed by atoms with E-state index in [1.807, 2.05) is 7.05 Å². The molecule has 0 radical (unpaired) electrons. The lowest BCUT2D eigenvalue weighted by atomic mass is 9.92. The van der Waals surface area contributed by atoms with Gasteiger partial charge in [-0.3, -0.25) is 4.90 Å². The number of nitrogens with one attached hydrogen (secondary N) is 1. The van der Waals surface area contributed by atoms with Crippen LogP contribution >= 0.6 is 0 Å². The highest BCUT2D eigenvalue weighted by Crippen LogP contribution is 2.22. The first-order valence-electron chi connectivity index (χ1n) is 5.78. The molecule has 1 aliphatic rings. The van der Waals surface area contributed by atoms with Gasteiger partial charge in [0.1, 0.15) is 6.29 Å². The Hall–Kier alpha value is -0.450. The predicted octanol–water partition coefficient (Wildman–Crippen LogP) is 0.0102. The van der Waals surface area contributed by atoms with Gasteiger partial charge in [-0.15, -0.1) is 0 Å². The largest absolute Gasteiger partial charge is 0.393 e. The summed E-state index contributed by atoms with van der Waals surface area (Å²) in [7, 11) is 1.92. The molecule has 88 valence electrons. The number of carbonyl (C=O) groups excluding carboxylic acids is 1. The minimum Gasteiger partial charge on any atom is -0.393 e. The normalized spacial score (nSPS) is 26.9. The minimum absolute atomic E-state index is 0.122. The molecule has 0 bridgehead atoms. The van der Waals surface area contributed by atoms with Gasteiger partial charge < -0.3 is 15.2 Å². The van der Waals surface area contributed by atoms with E-state index in [0.29, 0.717) is 12.6 Å². The number of aldehydes is 1. The second kappa shape index (κ2) is 6.93. The van der Waals surface area contributed by atoms with Crippen LogP contribution in [0, 0.1) is 0 Å². The maximum Gasteiger partial charge on any atom is 0.133 e. The third kappa shape index (κ3) is 4.28. The first-order valence-corrected chi connectivity index (χ1v) is 5.78. The van der Waals surface area contributed by atoms with Crippen LogP contribution in [-0.2, 0) is 4.79 Å². The van der Waals surface area contributed by atoms with Gasteiger partial charge in [-0.2, -0.15) is 0 Å². The fourth-order valence-corrected chi connectivity index (χ4v) is 2.20. The third-order valence-corrected chi connectivity index (χ3v) is 3.14. The van der Waals surface area contributed by atoms with Crippen LogP contribution in [0.4, 0.5) is 0 Å². The number of nitrogens with zero attached hydrogens (tertiary/aromatic N) is 1. The van der Waals surface area contributed by atoms with E-state index in [-0.39, 0.29) is 6.10 Å².